The lowest BCUT2D eigenvalue weighted by molar-refractivity contribution is 0.572. The van der Waals surface area contributed by atoms with Crippen LogP contribution in [-0.4, -0.2) is 8.42 Å². The first-order valence-electron chi connectivity index (χ1n) is 5.64. The van der Waals surface area contributed by atoms with Gasteiger partial charge in [0, 0.05) is 5.02 Å². The molecule has 0 bridgehead atoms. The Labute approximate surface area is 121 Å². The molecular formula is C13H12ClFN2O2S. The number of hydrogen-bond donors (Lipinski definition) is 2. The number of rotatable bonds is 3. The van der Waals surface area contributed by atoms with Gasteiger partial charge in [0.2, 0.25) is 0 Å². The highest BCUT2D eigenvalue weighted by Gasteiger charge is 2.22. The number of nitrogens with one attached hydrogen (secondary N) is 1. The minimum atomic E-state index is -4.10. The van der Waals surface area contributed by atoms with Crippen LogP contribution in [0.3, 0.4) is 0 Å². The van der Waals surface area contributed by atoms with Crippen LogP contribution in [0.25, 0.3) is 0 Å². The number of aryl methyl sites for hydroxylation is 1. The SMILES string of the molecule is Cc1cc(Cl)ccc1NS(=O)(=O)c1c(N)cccc1F. The minimum Gasteiger partial charge on any atom is -0.398 e. The predicted octanol–water partition coefficient (Wildman–Crippen LogP) is 3.17. The summed E-state index contributed by atoms with van der Waals surface area (Å²) in [5.41, 5.74) is 6.33. The van der Waals surface area contributed by atoms with Gasteiger partial charge in [-0.1, -0.05) is 17.7 Å². The fourth-order valence-electron chi connectivity index (χ4n) is 1.75. The molecule has 0 saturated heterocycles. The Balaban J connectivity index is 2.46. The standard InChI is InChI=1S/C13H12ClFN2O2S/c1-8-7-9(14)5-6-12(8)17-20(18,19)13-10(15)3-2-4-11(13)16/h2-7,17H,16H2,1H3. The second kappa shape index (κ2) is 5.30. The summed E-state index contributed by atoms with van der Waals surface area (Å²) >= 11 is 5.80. The van der Waals surface area contributed by atoms with Gasteiger partial charge in [-0.2, -0.15) is 0 Å². The number of anilines is 2. The van der Waals surface area contributed by atoms with Gasteiger partial charge in [-0.05, 0) is 42.8 Å². The molecule has 2 aromatic rings. The van der Waals surface area contributed by atoms with Crippen LogP contribution >= 0.6 is 11.6 Å². The molecule has 0 heterocycles. The second-order valence-corrected chi connectivity index (χ2v) is 6.28. The minimum absolute atomic E-state index is 0.149. The van der Waals surface area contributed by atoms with Crippen molar-refractivity contribution in [2.24, 2.45) is 0 Å². The van der Waals surface area contributed by atoms with Gasteiger partial charge in [-0.3, -0.25) is 4.72 Å². The molecule has 4 nitrogen and oxygen atoms in total. The van der Waals surface area contributed by atoms with Crippen molar-refractivity contribution in [3.63, 3.8) is 0 Å². The van der Waals surface area contributed by atoms with E-state index < -0.39 is 20.7 Å². The van der Waals surface area contributed by atoms with Gasteiger partial charge in [0.25, 0.3) is 10.0 Å². The lowest BCUT2D eigenvalue weighted by atomic mass is 10.2. The van der Waals surface area contributed by atoms with E-state index in [1.165, 1.54) is 24.3 Å². The first-order valence-corrected chi connectivity index (χ1v) is 7.50. The van der Waals surface area contributed by atoms with Gasteiger partial charge in [-0.15, -0.1) is 0 Å². The van der Waals surface area contributed by atoms with E-state index >= 15 is 0 Å². The third-order valence-electron chi connectivity index (χ3n) is 2.70. The number of benzene rings is 2. The highest BCUT2D eigenvalue weighted by molar-refractivity contribution is 7.92. The molecule has 0 atom stereocenters. The first kappa shape index (κ1) is 14.6. The van der Waals surface area contributed by atoms with Crippen LogP contribution in [0.15, 0.2) is 41.3 Å². The fourth-order valence-corrected chi connectivity index (χ4v) is 3.30. The summed E-state index contributed by atoms with van der Waals surface area (Å²) in [7, 11) is -4.10. The molecule has 0 spiro atoms. The van der Waals surface area contributed by atoms with E-state index in [9.17, 15) is 12.8 Å². The van der Waals surface area contributed by atoms with E-state index in [1.54, 1.807) is 13.0 Å². The summed E-state index contributed by atoms with van der Waals surface area (Å²) in [4.78, 5) is -0.561. The quantitative estimate of drug-likeness (QED) is 0.855. The van der Waals surface area contributed by atoms with Crippen molar-refractivity contribution in [3.05, 3.63) is 52.8 Å². The second-order valence-electron chi connectivity index (χ2n) is 4.22. The van der Waals surface area contributed by atoms with Crippen molar-refractivity contribution in [1.29, 1.82) is 0 Å². The highest BCUT2D eigenvalue weighted by atomic mass is 35.5. The summed E-state index contributed by atoms with van der Waals surface area (Å²) in [6.45, 7) is 1.69. The monoisotopic (exact) mass is 314 g/mol. The normalized spacial score (nSPS) is 11.3. The van der Waals surface area contributed by atoms with Crippen LogP contribution in [0.5, 0.6) is 0 Å². The topological polar surface area (TPSA) is 72.2 Å². The van der Waals surface area contributed by atoms with Crippen molar-refractivity contribution in [3.8, 4) is 0 Å². The van der Waals surface area contributed by atoms with E-state index in [0.29, 0.717) is 16.3 Å². The van der Waals surface area contributed by atoms with E-state index in [-0.39, 0.29) is 5.69 Å². The molecule has 0 unspecified atom stereocenters. The molecule has 0 fully saturated rings. The van der Waals surface area contributed by atoms with Gasteiger partial charge < -0.3 is 5.73 Å². The average Bonchev–Trinajstić information content (AvgIpc) is 2.32. The zero-order chi connectivity index (χ0) is 14.9. The van der Waals surface area contributed by atoms with E-state index in [1.807, 2.05) is 0 Å². The Bertz CT molecular complexity index is 743. The zero-order valence-corrected chi connectivity index (χ0v) is 12.1. The molecule has 0 aromatic heterocycles. The molecule has 0 aliphatic rings. The summed E-state index contributed by atoms with van der Waals surface area (Å²) in [5.74, 6) is -0.899. The van der Waals surface area contributed by atoms with Crippen LogP contribution < -0.4 is 10.5 Å². The van der Waals surface area contributed by atoms with Crippen LogP contribution in [0, 0.1) is 12.7 Å². The van der Waals surface area contributed by atoms with Crippen LogP contribution in [0.4, 0.5) is 15.8 Å². The number of halogens is 2. The van der Waals surface area contributed by atoms with Crippen molar-refractivity contribution >= 4 is 33.0 Å². The molecule has 3 N–H and O–H groups in total. The maximum absolute atomic E-state index is 13.7. The Hall–Kier alpha value is -1.79. The molecule has 106 valence electrons. The molecule has 7 heteroatoms. The Morgan fingerprint density at radius 1 is 1.25 bits per heavy atom. The maximum Gasteiger partial charge on any atom is 0.266 e. The molecule has 2 rings (SSSR count). The first-order chi connectivity index (χ1) is 9.31. The van der Waals surface area contributed by atoms with E-state index in [2.05, 4.69) is 4.72 Å². The molecule has 0 aliphatic heterocycles. The number of nitrogen functional groups attached to an aromatic ring is 1. The maximum atomic E-state index is 13.7. The number of sulfonamides is 1. The van der Waals surface area contributed by atoms with Crippen molar-refractivity contribution < 1.29 is 12.8 Å². The van der Waals surface area contributed by atoms with Gasteiger partial charge in [0.05, 0.1) is 11.4 Å². The number of nitrogens with two attached hydrogens (primary N) is 1. The van der Waals surface area contributed by atoms with Gasteiger partial charge in [0.15, 0.2) is 0 Å². The summed E-state index contributed by atoms with van der Waals surface area (Å²) < 4.78 is 40.4. The molecule has 2 aromatic carbocycles. The van der Waals surface area contributed by atoms with Crippen molar-refractivity contribution in [2.45, 2.75) is 11.8 Å². The third kappa shape index (κ3) is 2.86. The molecule has 0 radical (unpaired) electrons. The molecule has 20 heavy (non-hydrogen) atoms. The summed E-state index contributed by atoms with van der Waals surface area (Å²) in [6, 6.07) is 8.36. The molecule has 0 saturated carbocycles. The average molecular weight is 315 g/mol. The van der Waals surface area contributed by atoms with E-state index in [0.717, 1.165) is 6.07 Å². The zero-order valence-electron chi connectivity index (χ0n) is 10.5. The van der Waals surface area contributed by atoms with Gasteiger partial charge in [-0.25, -0.2) is 12.8 Å². The fraction of sp³-hybridized carbons (Fsp3) is 0.0769. The lowest BCUT2D eigenvalue weighted by Gasteiger charge is -2.12. The van der Waals surface area contributed by atoms with E-state index in [4.69, 9.17) is 17.3 Å². The van der Waals surface area contributed by atoms with Crippen LogP contribution in [0.2, 0.25) is 5.02 Å². The molecule has 0 aliphatic carbocycles. The largest absolute Gasteiger partial charge is 0.398 e. The molecular weight excluding hydrogens is 303 g/mol. The third-order valence-corrected chi connectivity index (χ3v) is 4.39. The van der Waals surface area contributed by atoms with Gasteiger partial charge in [0.1, 0.15) is 10.7 Å². The van der Waals surface area contributed by atoms with Gasteiger partial charge >= 0.3 is 0 Å². The highest BCUT2D eigenvalue weighted by Crippen LogP contribution is 2.26. The van der Waals surface area contributed by atoms with Crippen LogP contribution in [-0.2, 0) is 10.0 Å². The Kier molecular flexibility index (Phi) is 3.87. The Morgan fingerprint density at radius 2 is 1.95 bits per heavy atom. The summed E-state index contributed by atoms with van der Waals surface area (Å²) in [6.07, 6.45) is 0. The Morgan fingerprint density at radius 3 is 2.55 bits per heavy atom. The number of hydrogen-bond acceptors (Lipinski definition) is 3. The lowest BCUT2D eigenvalue weighted by Crippen LogP contribution is -2.17. The van der Waals surface area contributed by atoms with Crippen molar-refractivity contribution in [1.82, 2.24) is 0 Å². The summed E-state index contributed by atoms with van der Waals surface area (Å²) in [5, 5.41) is 0.482. The molecule has 0 amide bonds. The van der Waals surface area contributed by atoms with Crippen LogP contribution in [0.1, 0.15) is 5.56 Å². The smallest absolute Gasteiger partial charge is 0.266 e. The predicted molar refractivity (Wildman–Crippen MR) is 77.8 cm³/mol. The van der Waals surface area contributed by atoms with Crippen molar-refractivity contribution in [2.75, 3.05) is 10.5 Å².